The van der Waals surface area contributed by atoms with E-state index in [1.54, 1.807) is 48.5 Å². The summed E-state index contributed by atoms with van der Waals surface area (Å²) in [6.45, 7) is 2.28. The summed E-state index contributed by atoms with van der Waals surface area (Å²) in [5, 5.41) is 26.9. The Morgan fingerprint density at radius 2 is 0.922 bits per heavy atom. The van der Waals surface area contributed by atoms with Crippen LogP contribution in [-0.2, 0) is 30.9 Å². The van der Waals surface area contributed by atoms with Gasteiger partial charge in [-0.25, -0.2) is 0 Å². The number of amides is 4. The van der Waals surface area contributed by atoms with E-state index in [2.05, 4.69) is 41.7 Å². The molecule has 5 aromatic rings. The van der Waals surface area contributed by atoms with Crippen LogP contribution in [0.3, 0.4) is 0 Å². The van der Waals surface area contributed by atoms with Crippen molar-refractivity contribution in [3.05, 3.63) is 129 Å². The Morgan fingerprint density at radius 3 is 1.28 bits per heavy atom. The molecule has 330 valence electrons. The van der Waals surface area contributed by atoms with Crippen LogP contribution in [0.1, 0.15) is 45.7 Å². The molecular weight excluding hydrogens is 910 g/mol. The number of rotatable bonds is 18. The Kier molecular flexibility index (Phi) is 17.0. The summed E-state index contributed by atoms with van der Waals surface area (Å²) in [5.74, 6) is -3.58. The summed E-state index contributed by atoms with van der Waals surface area (Å²) in [6, 6.07) is 21.5. The number of nitrogens with one attached hydrogen (secondary N) is 4. The summed E-state index contributed by atoms with van der Waals surface area (Å²) < 4.78 is 11.0. The van der Waals surface area contributed by atoms with Crippen LogP contribution in [0.2, 0.25) is 10.0 Å². The average Bonchev–Trinajstić information content (AvgIpc) is 3.26. The fourth-order valence-corrected chi connectivity index (χ4v) is 6.50. The Bertz CT molecular complexity index is 2620. The Balaban J connectivity index is 1.29. The minimum Gasteiger partial charge on any atom is -0.494 e. The van der Waals surface area contributed by atoms with Crippen LogP contribution < -0.4 is 30.7 Å². The molecule has 0 radical (unpaired) electrons. The molecular formula is C44H38Cl4N8O8. The van der Waals surface area contributed by atoms with Gasteiger partial charge in [0.1, 0.15) is 17.2 Å². The zero-order valence-electron chi connectivity index (χ0n) is 34.4. The van der Waals surface area contributed by atoms with Crippen molar-refractivity contribution in [2.75, 3.05) is 35.5 Å². The summed E-state index contributed by atoms with van der Waals surface area (Å²) in [6.07, 6.45) is 0. The third-order valence-electron chi connectivity index (χ3n) is 8.89. The molecule has 5 rings (SSSR count). The maximum Gasteiger partial charge on any atom is 0.259 e. The Morgan fingerprint density at radius 1 is 0.531 bits per heavy atom. The summed E-state index contributed by atoms with van der Waals surface area (Å²) in [7, 11) is 2.56. The number of azo groups is 2. The number of Topliss-reactive ketones (excluding diaryl/α,β-unsaturated/α-hetero) is 2. The molecule has 20 heteroatoms. The third kappa shape index (κ3) is 13.2. The zero-order chi connectivity index (χ0) is 46.5. The van der Waals surface area contributed by atoms with Crippen LogP contribution in [0.5, 0.6) is 11.5 Å². The van der Waals surface area contributed by atoms with Gasteiger partial charge in [0.25, 0.3) is 23.6 Å². The highest BCUT2D eigenvalue weighted by molar-refractivity contribution is 6.31. The first-order chi connectivity index (χ1) is 30.6. The number of carbonyl (C=O) groups excluding carboxylic acids is 6. The SMILES string of the molecule is COc1cc(NC(=O)C(N=Nc2cc(Cl)cc(C(=O)Nc3ccc(CCl)cc3)c2)C(C)=O)cc(OC)c1NC(=O)C(N=Nc1cc(Cl)cc(C(=O)Nc2ccc(CCl)cc2)c1)C(C)=O. The van der Waals surface area contributed by atoms with Crippen molar-refractivity contribution in [3.8, 4) is 11.5 Å². The molecule has 0 aromatic heterocycles. The van der Waals surface area contributed by atoms with Crippen molar-refractivity contribution in [2.24, 2.45) is 20.5 Å². The molecule has 16 nitrogen and oxygen atoms in total. The molecule has 0 fully saturated rings. The van der Waals surface area contributed by atoms with E-state index < -0.39 is 47.3 Å². The average molecular weight is 949 g/mol. The second kappa shape index (κ2) is 22.6. The number of benzene rings is 5. The molecule has 5 aromatic carbocycles. The number of nitrogens with zero attached hydrogens (tertiary/aromatic N) is 4. The molecule has 0 heterocycles. The van der Waals surface area contributed by atoms with E-state index in [1.807, 2.05) is 0 Å². The molecule has 0 aliphatic carbocycles. The minimum absolute atomic E-state index is 0.0224. The molecule has 0 saturated carbocycles. The lowest BCUT2D eigenvalue weighted by Gasteiger charge is -2.18. The predicted octanol–water partition coefficient (Wildman–Crippen LogP) is 10.4. The van der Waals surface area contributed by atoms with Crippen LogP contribution in [0.15, 0.2) is 118 Å². The maximum atomic E-state index is 13.5. The second-order valence-corrected chi connectivity index (χ2v) is 15.1. The van der Waals surface area contributed by atoms with Crippen molar-refractivity contribution >= 4 is 116 Å². The number of hydrogen-bond acceptors (Lipinski definition) is 12. The van der Waals surface area contributed by atoms with Gasteiger partial charge in [-0.05, 0) is 85.6 Å². The smallest absolute Gasteiger partial charge is 0.259 e. The van der Waals surface area contributed by atoms with Crippen molar-refractivity contribution in [1.82, 2.24) is 0 Å². The number of ketones is 2. The van der Waals surface area contributed by atoms with Crippen LogP contribution in [0, 0.1) is 0 Å². The summed E-state index contributed by atoms with van der Waals surface area (Å²) in [4.78, 5) is 78.3. The monoisotopic (exact) mass is 946 g/mol. The van der Waals surface area contributed by atoms with E-state index >= 15 is 0 Å². The number of hydrogen-bond donors (Lipinski definition) is 4. The van der Waals surface area contributed by atoms with Crippen molar-refractivity contribution < 1.29 is 38.2 Å². The number of anilines is 4. The van der Waals surface area contributed by atoms with Crippen molar-refractivity contribution in [3.63, 3.8) is 0 Å². The molecule has 0 bridgehead atoms. The van der Waals surface area contributed by atoms with Crippen LogP contribution in [-0.4, -0.2) is 61.5 Å². The predicted molar refractivity (Wildman–Crippen MR) is 246 cm³/mol. The highest BCUT2D eigenvalue weighted by atomic mass is 35.5. The van der Waals surface area contributed by atoms with Gasteiger partial charge >= 0.3 is 0 Å². The normalized spacial score (nSPS) is 12.0. The topological polar surface area (TPSA) is 218 Å². The Hall–Kier alpha value is -6.72. The standard InChI is InChI=1S/C44H38Cl4N8O8/c1-23(57)38(55-53-34-15-27(13-29(47)17-34)41(59)49-31-9-5-25(21-45)6-10-31)43(61)51-33-19-36(63-3)40(37(20-33)64-4)52-44(62)39(24(2)58)56-54-35-16-28(14-30(48)18-35)42(60)50-32-11-7-26(22-46)8-12-32/h5-20,38-39H,21-22H2,1-4H3,(H,49,59)(H,50,60)(H,51,61)(H,52,62). The van der Waals surface area contributed by atoms with Gasteiger partial charge in [-0.1, -0.05) is 47.5 Å². The molecule has 0 saturated heterocycles. The maximum absolute atomic E-state index is 13.5. The second-order valence-electron chi connectivity index (χ2n) is 13.7. The fraction of sp³-hybridized carbons (Fsp3) is 0.182. The van der Waals surface area contributed by atoms with Gasteiger partial charge in [-0.3, -0.25) is 28.8 Å². The molecule has 0 spiro atoms. The van der Waals surface area contributed by atoms with E-state index in [0.717, 1.165) is 25.0 Å². The first kappa shape index (κ1) is 48.3. The summed E-state index contributed by atoms with van der Waals surface area (Å²) >= 11 is 24.2. The number of alkyl halides is 2. The lowest BCUT2D eigenvalue weighted by atomic mass is 10.1. The van der Waals surface area contributed by atoms with E-state index in [0.29, 0.717) is 23.1 Å². The molecule has 2 unspecified atom stereocenters. The number of methoxy groups -OCH3 is 2. The highest BCUT2D eigenvalue weighted by Gasteiger charge is 2.28. The molecule has 2 atom stereocenters. The van der Waals surface area contributed by atoms with Crippen LogP contribution >= 0.6 is 46.4 Å². The van der Waals surface area contributed by atoms with Gasteiger partial charge in [0, 0.05) is 62.1 Å². The zero-order valence-corrected chi connectivity index (χ0v) is 37.4. The van der Waals surface area contributed by atoms with Gasteiger partial charge in [-0.2, -0.15) is 20.5 Å². The van der Waals surface area contributed by atoms with E-state index in [1.165, 1.54) is 62.8 Å². The third-order valence-corrected chi connectivity index (χ3v) is 9.94. The van der Waals surface area contributed by atoms with Gasteiger partial charge < -0.3 is 30.7 Å². The number of carbonyl (C=O) groups is 6. The van der Waals surface area contributed by atoms with E-state index in [-0.39, 0.29) is 55.4 Å². The largest absolute Gasteiger partial charge is 0.494 e. The molecule has 4 N–H and O–H groups in total. The van der Waals surface area contributed by atoms with Crippen molar-refractivity contribution in [1.29, 1.82) is 0 Å². The first-order valence-electron chi connectivity index (χ1n) is 18.8. The first-order valence-corrected chi connectivity index (χ1v) is 20.7. The molecule has 64 heavy (non-hydrogen) atoms. The van der Waals surface area contributed by atoms with Gasteiger partial charge in [0.05, 0.1) is 25.6 Å². The lowest BCUT2D eigenvalue weighted by molar-refractivity contribution is -0.127. The highest BCUT2D eigenvalue weighted by Crippen LogP contribution is 2.38. The number of ether oxygens (including phenoxy) is 2. The quantitative estimate of drug-likeness (QED) is 0.0375. The van der Waals surface area contributed by atoms with Crippen molar-refractivity contribution in [2.45, 2.75) is 37.7 Å². The Labute approximate surface area is 386 Å². The lowest BCUT2D eigenvalue weighted by Crippen LogP contribution is -2.32. The van der Waals surface area contributed by atoms with Gasteiger partial charge in [0.2, 0.25) is 12.1 Å². The van der Waals surface area contributed by atoms with Gasteiger partial charge in [-0.15, -0.1) is 23.2 Å². The summed E-state index contributed by atoms with van der Waals surface area (Å²) in [5.41, 5.74) is 3.24. The molecule has 0 aliphatic rings. The van der Waals surface area contributed by atoms with Crippen LogP contribution in [0.4, 0.5) is 34.1 Å². The fourth-order valence-electron chi connectivity index (χ4n) is 5.68. The van der Waals surface area contributed by atoms with E-state index in [9.17, 15) is 28.8 Å². The molecule has 0 aliphatic heterocycles. The molecule has 4 amide bonds. The minimum atomic E-state index is -1.68. The van der Waals surface area contributed by atoms with Gasteiger partial charge in [0.15, 0.2) is 11.6 Å². The number of halogens is 4. The van der Waals surface area contributed by atoms with Crippen LogP contribution in [0.25, 0.3) is 0 Å². The van der Waals surface area contributed by atoms with E-state index in [4.69, 9.17) is 55.9 Å².